The standard InChI is InChI=1S/C16H16FNS/c17-14-6-3-4-12(8-14)10-18-11-15-9-13-5-1-2-7-16(13)19-15/h1-8,15,18H,9-11H2. The summed E-state index contributed by atoms with van der Waals surface area (Å²) in [5.41, 5.74) is 2.45. The van der Waals surface area contributed by atoms with E-state index in [1.165, 1.54) is 16.5 Å². The second-order valence-corrected chi connectivity index (χ2v) is 6.15. The Kier molecular flexibility index (Phi) is 3.85. The minimum atomic E-state index is -0.165. The van der Waals surface area contributed by atoms with E-state index in [-0.39, 0.29) is 5.82 Å². The predicted octanol–water partition coefficient (Wildman–Crippen LogP) is 3.63. The topological polar surface area (TPSA) is 12.0 Å². The smallest absolute Gasteiger partial charge is 0.123 e. The van der Waals surface area contributed by atoms with E-state index in [4.69, 9.17) is 0 Å². The highest BCUT2D eigenvalue weighted by molar-refractivity contribution is 8.00. The van der Waals surface area contributed by atoms with Crippen LogP contribution in [0, 0.1) is 5.82 Å². The van der Waals surface area contributed by atoms with Crippen LogP contribution in [0.25, 0.3) is 0 Å². The van der Waals surface area contributed by atoms with Crippen LogP contribution in [0.5, 0.6) is 0 Å². The lowest BCUT2D eigenvalue weighted by Crippen LogP contribution is -2.24. The van der Waals surface area contributed by atoms with Crippen molar-refractivity contribution in [3.8, 4) is 0 Å². The highest BCUT2D eigenvalue weighted by Gasteiger charge is 2.20. The van der Waals surface area contributed by atoms with Crippen LogP contribution < -0.4 is 5.32 Å². The Balaban J connectivity index is 1.50. The van der Waals surface area contributed by atoms with Gasteiger partial charge in [0.15, 0.2) is 0 Å². The van der Waals surface area contributed by atoms with Gasteiger partial charge < -0.3 is 5.32 Å². The minimum Gasteiger partial charge on any atom is -0.312 e. The molecule has 0 saturated carbocycles. The van der Waals surface area contributed by atoms with Gasteiger partial charge in [0.2, 0.25) is 0 Å². The third kappa shape index (κ3) is 3.17. The van der Waals surface area contributed by atoms with Crippen LogP contribution in [0.4, 0.5) is 4.39 Å². The summed E-state index contributed by atoms with van der Waals surface area (Å²) in [6.45, 7) is 1.68. The minimum absolute atomic E-state index is 0.165. The van der Waals surface area contributed by atoms with Crippen LogP contribution in [0.3, 0.4) is 0 Å². The number of hydrogen-bond donors (Lipinski definition) is 1. The van der Waals surface area contributed by atoms with E-state index in [0.717, 1.165) is 25.1 Å². The Morgan fingerprint density at radius 2 is 2.05 bits per heavy atom. The predicted molar refractivity (Wildman–Crippen MR) is 77.9 cm³/mol. The SMILES string of the molecule is Fc1cccc(CNCC2Cc3ccccc3S2)c1. The molecule has 19 heavy (non-hydrogen) atoms. The second-order valence-electron chi connectivity index (χ2n) is 4.81. The van der Waals surface area contributed by atoms with E-state index >= 15 is 0 Å². The lowest BCUT2D eigenvalue weighted by atomic mass is 10.1. The Labute approximate surface area is 117 Å². The third-order valence-corrected chi connectivity index (χ3v) is 4.62. The number of hydrogen-bond acceptors (Lipinski definition) is 2. The summed E-state index contributed by atoms with van der Waals surface area (Å²) in [7, 11) is 0. The van der Waals surface area contributed by atoms with E-state index in [1.54, 1.807) is 12.1 Å². The van der Waals surface area contributed by atoms with E-state index in [1.807, 2.05) is 17.8 Å². The van der Waals surface area contributed by atoms with Crippen molar-refractivity contribution in [2.45, 2.75) is 23.1 Å². The molecular formula is C16H16FNS. The summed E-state index contributed by atoms with van der Waals surface area (Å²) >= 11 is 1.94. The van der Waals surface area contributed by atoms with Crippen LogP contribution in [0.15, 0.2) is 53.4 Å². The maximum Gasteiger partial charge on any atom is 0.123 e. The van der Waals surface area contributed by atoms with Crippen LogP contribution in [0.2, 0.25) is 0 Å². The molecule has 1 heterocycles. The van der Waals surface area contributed by atoms with Crippen LogP contribution in [-0.2, 0) is 13.0 Å². The van der Waals surface area contributed by atoms with Crippen molar-refractivity contribution in [1.82, 2.24) is 5.32 Å². The molecule has 0 amide bonds. The average Bonchev–Trinajstić information content (AvgIpc) is 2.81. The van der Waals surface area contributed by atoms with Crippen molar-refractivity contribution < 1.29 is 4.39 Å². The molecule has 1 aliphatic heterocycles. The maximum atomic E-state index is 13.0. The number of fused-ring (bicyclic) bond motifs is 1. The Morgan fingerprint density at radius 1 is 1.16 bits per heavy atom. The molecule has 1 nitrogen and oxygen atoms in total. The zero-order valence-electron chi connectivity index (χ0n) is 10.6. The van der Waals surface area contributed by atoms with Gasteiger partial charge in [-0.25, -0.2) is 4.39 Å². The quantitative estimate of drug-likeness (QED) is 0.913. The molecule has 1 aliphatic rings. The van der Waals surface area contributed by atoms with Gasteiger partial charge in [-0.15, -0.1) is 11.8 Å². The number of benzene rings is 2. The zero-order valence-corrected chi connectivity index (χ0v) is 11.4. The summed E-state index contributed by atoms with van der Waals surface area (Å²) in [5, 5.41) is 4.01. The molecule has 0 radical (unpaired) electrons. The number of halogens is 1. The molecule has 0 aromatic heterocycles. The molecule has 0 fully saturated rings. The van der Waals surface area contributed by atoms with E-state index < -0.39 is 0 Å². The van der Waals surface area contributed by atoms with Gasteiger partial charge in [0.1, 0.15) is 5.82 Å². The highest BCUT2D eigenvalue weighted by Crippen LogP contribution is 2.36. The summed E-state index contributed by atoms with van der Waals surface area (Å²) in [5.74, 6) is -0.165. The third-order valence-electron chi connectivity index (χ3n) is 3.30. The fraction of sp³-hybridized carbons (Fsp3) is 0.250. The van der Waals surface area contributed by atoms with Gasteiger partial charge in [0, 0.05) is 23.2 Å². The Bertz CT molecular complexity index is 545. The second kappa shape index (κ2) is 5.76. The van der Waals surface area contributed by atoms with Gasteiger partial charge in [-0.05, 0) is 35.7 Å². The molecule has 2 aromatic rings. The first kappa shape index (κ1) is 12.7. The number of thioether (sulfide) groups is 1. The van der Waals surface area contributed by atoms with Crippen molar-refractivity contribution in [1.29, 1.82) is 0 Å². The van der Waals surface area contributed by atoms with E-state index in [9.17, 15) is 4.39 Å². The maximum absolute atomic E-state index is 13.0. The van der Waals surface area contributed by atoms with Crippen LogP contribution in [-0.4, -0.2) is 11.8 Å². The molecule has 0 bridgehead atoms. The summed E-state index contributed by atoms with van der Waals surface area (Å²) in [4.78, 5) is 1.40. The largest absolute Gasteiger partial charge is 0.312 e. The highest BCUT2D eigenvalue weighted by atomic mass is 32.2. The van der Waals surface area contributed by atoms with E-state index in [0.29, 0.717) is 5.25 Å². The van der Waals surface area contributed by atoms with Crippen LogP contribution in [0.1, 0.15) is 11.1 Å². The van der Waals surface area contributed by atoms with Gasteiger partial charge in [0.05, 0.1) is 0 Å². The Hall–Kier alpha value is -1.32. The lowest BCUT2D eigenvalue weighted by Gasteiger charge is -2.10. The number of rotatable bonds is 4. The molecule has 1 unspecified atom stereocenters. The Morgan fingerprint density at radius 3 is 2.89 bits per heavy atom. The van der Waals surface area contributed by atoms with E-state index in [2.05, 4.69) is 29.6 Å². The molecule has 3 heteroatoms. The van der Waals surface area contributed by atoms with Gasteiger partial charge in [-0.2, -0.15) is 0 Å². The average molecular weight is 273 g/mol. The summed E-state index contributed by atoms with van der Waals surface area (Å²) < 4.78 is 13.0. The van der Waals surface area contributed by atoms with Crippen molar-refractivity contribution in [3.63, 3.8) is 0 Å². The van der Waals surface area contributed by atoms with Crippen LogP contribution >= 0.6 is 11.8 Å². The number of nitrogens with one attached hydrogen (secondary N) is 1. The molecule has 0 spiro atoms. The fourth-order valence-electron chi connectivity index (χ4n) is 2.39. The van der Waals surface area contributed by atoms with Crippen molar-refractivity contribution in [3.05, 3.63) is 65.5 Å². The first-order valence-electron chi connectivity index (χ1n) is 6.51. The van der Waals surface area contributed by atoms with Crippen molar-refractivity contribution >= 4 is 11.8 Å². The monoisotopic (exact) mass is 273 g/mol. The van der Waals surface area contributed by atoms with Gasteiger partial charge in [0.25, 0.3) is 0 Å². The molecule has 0 saturated heterocycles. The molecule has 98 valence electrons. The van der Waals surface area contributed by atoms with Gasteiger partial charge >= 0.3 is 0 Å². The van der Waals surface area contributed by atoms with Gasteiger partial charge in [-0.1, -0.05) is 30.3 Å². The molecule has 2 aromatic carbocycles. The zero-order chi connectivity index (χ0) is 13.1. The molecule has 1 atom stereocenters. The van der Waals surface area contributed by atoms with Crippen molar-refractivity contribution in [2.24, 2.45) is 0 Å². The summed E-state index contributed by atoms with van der Waals surface area (Å²) in [6.07, 6.45) is 1.12. The first-order chi connectivity index (χ1) is 9.31. The van der Waals surface area contributed by atoms with Gasteiger partial charge in [-0.3, -0.25) is 0 Å². The molecular weight excluding hydrogens is 257 g/mol. The normalized spacial score (nSPS) is 17.4. The molecule has 1 N–H and O–H groups in total. The fourth-order valence-corrected chi connectivity index (χ4v) is 3.68. The first-order valence-corrected chi connectivity index (χ1v) is 7.39. The molecule has 3 rings (SSSR count). The van der Waals surface area contributed by atoms with Crippen molar-refractivity contribution in [2.75, 3.05) is 6.54 Å². The summed E-state index contributed by atoms with van der Waals surface area (Å²) in [6, 6.07) is 15.4. The lowest BCUT2D eigenvalue weighted by molar-refractivity contribution is 0.618. The molecule has 0 aliphatic carbocycles.